The maximum absolute atomic E-state index is 12.4. The third-order valence-corrected chi connectivity index (χ3v) is 6.26. The Labute approximate surface area is 215 Å². The van der Waals surface area contributed by atoms with Crippen molar-refractivity contribution in [3.8, 4) is 11.1 Å². The van der Waals surface area contributed by atoms with Gasteiger partial charge in [-0.05, 0) is 59.2 Å². The molecule has 0 bridgehead atoms. The number of aromatic nitrogens is 1. The van der Waals surface area contributed by atoms with Crippen molar-refractivity contribution in [1.82, 2.24) is 15.6 Å². The van der Waals surface area contributed by atoms with Crippen LogP contribution < -0.4 is 10.6 Å². The number of hydrogen-bond acceptors (Lipinski definition) is 5. The van der Waals surface area contributed by atoms with Gasteiger partial charge < -0.3 is 20.5 Å². The van der Waals surface area contributed by atoms with E-state index in [9.17, 15) is 19.5 Å². The summed E-state index contributed by atoms with van der Waals surface area (Å²) in [6.45, 7) is 0.512. The normalized spacial score (nSPS) is 13.0. The van der Waals surface area contributed by atoms with Crippen LogP contribution in [0.4, 0.5) is 4.79 Å². The zero-order valence-electron chi connectivity index (χ0n) is 20.3. The largest absolute Gasteiger partial charge is 0.480 e. The molecule has 4 rings (SSSR count). The molecule has 0 unspecified atom stereocenters. The monoisotopic (exact) mass is 499 g/mol. The van der Waals surface area contributed by atoms with Crippen LogP contribution in [0.3, 0.4) is 0 Å². The molecule has 37 heavy (non-hydrogen) atoms. The summed E-state index contributed by atoms with van der Waals surface area (Å²) in [4.78, 5) is 40.0. The Morgan fingerprint density at radius 1 is 0.973 bits per heavy atom. The molecule has 1 heterocycles. The Morgan fingerprint density at radius 2 is 1.68 bits per heavy atom. The van der Waals surface area contributed by atoms with Gasteiger partial charge in [0.1, 0.15) is 12.6 Å². The van der Waals surface area contributed by atoms with E-state index in [1.54, 1.807) is 24.5 Å². The summed E-state index contributed by atoms with van der Waals surface area (Å²) in [6.07, 6.45) is 6.94. The summed E-state index contributed by atoms with van der Waals surface area (Å²) >= 11 is 0. The molecule has 1 aliphatic rings. The SMILES string of the molecule is O=C(/C=C/c1cccnc1)NCCCC[C@H](NC(=O)OCC1c2ccccc2-c2ccccc21)C(=O)O. The second-order valence-electron chi connectivity index (χ2n) is 8.77. The molecular formula is C29H29N3O5. The molecule has 0 aliphatic heterocycles. The molecular weight excluding hydrogens is 470 g/mol. The number of carboxylic acid groups (broad SMARTS) is 1. The summed E-state index contributed by atoms with van der Waals surface area (Å²) in [5.41, 5.74) is 5.24. The molecule has 2 amide bonds. The third-order valence-electron chi connectivity index (χ3n) is 6.26. The van der Waals surface area contributed by atoms with E-state index < -0.39 is 18.1 Å². The second-order valence-corrected chi connectivity index (χ2v) is 8.77. The van der Waals surface area contributed by atoms with E-state index in [4.69, 9.17) is 4.74 Å². The Hall–Kier alpha value is -4.46. The van der Waals surface area contributed by atoms with Crippen LogP contribution in [0.25, 0.3) is 17.2 Å². The lowest BCUT2D eigenvalue weighted by atomic mass is 9.98. The zero-order valence-corrected chi connectivity index (χ0v) is 20.3. The number of hydrogen-bond donors (Lipinski definition) is 3. The number of benzene rings is 2. The van der Waals surface area contributed by atoms with Crippen LogP contribution in [0.15, 0.2) is 79.1 Å². The number of carboxylic acids is 1. The molecule has 0 saturated heterocycles. The molecule has 3 aromatic rings. The van der Waals surface area contributed by atoms with Crippen molar-refractivity contribution in [3.05, 3.63) is 95.8 Å². The van der Waals surface area contributed by atoms with E-state index in [0.717, 1.165) is 27.8 Å². The molecule has 1 aliphatic carbocycles. The van der Waals surface area contributed by atoms with Crippen molar-refractivity contribution < 1.29 is 24.2 Å². The van der Waals surface area contributed by atoms with E-state index in [1.807, 2.05) is 54.6 Å². The first kappa shape index (κ1) is 25.6. The topological polar surface area (TPSA) is 118 Å². The Bertz CT molecular complexity index is 1230. The number of ether oxygens (including phenoxy) is 1. The molecule has 1 atom stereocenters. The summed E-state index contributed by atoms with van der Waals surface area (Å²) < 4.78 is 5.46. The van der Waals surface area contributed by atoms with Crippen LogP contribution >= 0.6 is 0 Å². The minimum absolute atomic E-state index is 0.0998. The van der Waals surface area contributed by atoms with Gasteiger partial charge >= 0.3 is 12.1 Å². The van der Waals surface area contributed by atoms with Gasteiger partial charge in [0.2, 0.25) is 5.91 Å². The first-order valence-electron chi connectivity index (χ1n) is 12.2. The van der Waals surface area contributed by atoms with Crippen LogP contribution in [-0.4, -0.2) is 47.3 Å². The highest BCUT2D eigenvalue weighted by atomic mass is 16.5. The third kappa shape index (κ3) is 6.82. The number of carbonyl (C=O) groups excluding carboxylic acids is 2. The van der Waals surface area contributed by atoms with E-state index >= 15 is 0 Å². The van der Waals surface area contributed by atoms with Gasteiger partial charge in [0.25, 0.3) is 0 Å². The quantitative estimate of drug-likeness (QED) is 0.266. The first-order chi connectivity index (χ1) is 18.0. The fourth-order valence-corrected chi connectivity index (χ4v) is 4.43. The van der Waals surface area contributed by atoms with Crippen molar-refractivity contribution in [2.75, 3.05) is 13.2 Å². The number of pyridine rings is 1. The summed E-state index contributed by atoms with van der Waals surface area (Å²) in [6, 6.07) is 18.6. The van der Waals surface area contributed by atoms with Crippen molar-refractivity contribution >= 4 is 24.0 Å². The molecule has 0 fully saturated rings. The average molecular weight is 500 g/mol. The van der Waals surface area contributed by atoms with Gasteiger partial charge in [-0.25, -0.2) is 9.59 Å². The number of fused-ring (bicyclic) bond motifs is 3. The van der Waals surface area contributed by atoms with E-state index in [-0.39, 0.29) is 24.9 Å². The average Bonchev–Trinajstić information content (AvgIpc) is 3.24. The summed E-state index contributed by atoms with van der Waals surface area (Å²) in [5, 5.41) is 14.8. The minimum Gasteiger partial charge on any atom is -0.480 e. The van der Waals surface area contributed by atoms with Gasteiger partial charge in [0.15, 0.2) is 0 Å². The molecule has 8 nitrogen and oxygen atoms in total. The van der Waals surface area contributed by atoms with Gasteiger partial charge in [-0.1, -0.05) is 54.6 Å². The van der Waals surface area contributed by atoms with E-state index in [0.29, 0.717) is 19.4 Å². The number of rotatable bonds is 11. The lowest BCUT2D eigenvalue weighted by molar-refractivity contribution is -0.139. The maximum atomic E-state index is 12.4. The Balaban J connectivity index is 1.20. The highest BCUT2D eigenvalue weighted by molar-refractivity contribution is 5.91. The number of amides is 2. The number of nitrogens with one attached hydrogen (secondary N) is 2. The molecule has 0 radical (unpaired) electrons. The zero-order chi connectivity index (χ0) is 26.0. The second kappa shape index (κ2) is 12.5. The molecule has 1 aromatic heterocycles. The van der Waals surface area contributed by atoms with Gasteiger partial charge in [0, 0.05) is 30.9 Å². The summed E-state index contributed by atoms with van der Waals surface area (Å²) in [7, 11) is 0. The molecule has 3 N–H and O–H groups in total. The highest BCUT2D eigenvalue weighted by Crippen LogP contribution is 2.44. The molecule has 2 aromatic carbocycles. The van der Waals surface area contributed by atoms with Crippen molar-refractivity contribution in [2.24, 2.45) is 0 Å². The highest BCUT2D eigenvalue weighted by Gasteiger charge is 2.29. The van der Waals surface area contributed by atoms with Crippen LogP contribution in [0.2, 0.25) is 0 Å². The molecule has 0 spiro atoms. The lowest BCUT2D eigenvalue weighted by Gasteiger charge is -2.17. The van der Waals surface area contributed by atoms with Crippen molar-refractivity contribution in [1.29, 1.82) is 0 Å². The Kier molecular flexibility index (Phi) is 8.65. The maximum Gasteiger partial charge on any atom is 0.407 e. The molecule has 8 heteroatoms. The summed E-state index contributed by atoms with van der Waals surface area (Å²) in [5.74, 6) is -1.47. The fraction of sp³-hybridized carbons (Fsp3) is 0.241. The number of alkyl carbamates (subject to hydrolysis) is 1. The molecule has 0 saturated carbocycles. The van der Waals surface area contributed by atoms with Crippen molar-refractivity contribution in [2.45, 2.75) is 31.2 Å². The van der Waals surface area contributed by atoms with Gasteiger partial charge in [-0.3, -0.25) is 9.78 Å². The standard InChI is InChI=1S/C29H29N3O5/c33-27(15-14-20-8-7-16-30-18-20)31-17-6-5-13-26(28(34)35)32-29(36)37-19-25-23-11-3-1-9-21(23)22-10-2-4-12-24(22)25/h1-4,7-12,14-16,18,25-26H,5-6,13,17,19H2,(H,31,33)(H,32,36)(H,34,35)/b15-14+/t26-/m0/s1. The minimum atomic E-state index is -1.13. The van der Waals surface area contributed by atoms with Gasteiger partial charge in [0.05, 0.1) is 0 Å². The number of unbranched alkanes of at least 4 members (excludes halogenated alkanes) is 1. The van der Waals surface area contributed by atoms with Crippen LogP contribution in [0, 0.1) is 0 Å². The first-order valence-corrected chi connectivity index (χ1v) is 12.2. The van der Waals surface area contributed by atoms with E-state index in [1.165, 1.54) is 6.08 Å². The number of carbonyl (C=O) groups is 3. The number of aliphatic carboxylic acids is 1. The predicted molar refractivity (Wildman–Crippen MR) is 140 cm³/mol. The van der Waals surface area contributed by atoms with Gasteiger partial charge in [-0.2, -0.15) is 0 Å². The molecule has 190 valence electrons. The number of nitrogens with zero attached hydrogens (tertiary/aromatic N) is 1. The van der Waals surface area contributed by atoms with Crippen LogP contribution in [-0.2, 0) is 14.3 Å². The van der Waals surface area contributed by atoms with Gasteiger partial charge in [-0.15, -0.1) is 0 Å². The smallest absolute Gasteiger partial charge is 0.407 e. The van der Waals surface area contributed by atoms with E-state index in [2.05, 4.69) is 15.6 Å². The van der Waals surface area contributed by atoms with Crippen molar-refractivity contribution in [3.63, 3.8) is 0 Å². The predicted octanol–water partition coefficient (Wildman–Crippen LogP) is 4.37. The lowest BCUT2D eigenvalue weighted by Crippen LogP contribution is -2.41. The fourth-order valence-electron chi connectivity index (χ4n) is 4.43. The van der Waals surface area contributed by atoms with Crippen LogP contribution in [0.1, 0.15) is 41.9 Å². The van der Waals surface area contributed by atoms with Crippen LogP contribution in [0.5, 0.6) is 0 Å². The Morgan fingerprint density at radius 3 is 2.32 bits per heavy atom.